The van der Waals surface area contributed by atoms with Crippen molar-refractivity contribution in [3.8, 4) is 11.1 Å². The van der Waals surface area contributed by atoms with Crippen LogP contribution in [0.3, 0.4) is 0 Å². The summed E-state index contributed by atoms with van der Waals surface area (Å²) in [6.45, 7) is 1.38. The van der Waals surface area contributed by atoms with Crippen molar-refractivity contribution in [1.82, 2.24) is 24.5 Å². The van der Waals surface area contributed by atoms with Gasteiger partial charge in [0.2, 0.25) is 0 Å². The molecule has 5 heterocycles. The molecular weight excluding hydrogens is 346 g/mol. The molecule has 4 aromatic rings. The lowest BCUT2D eigenvalue weighted by Crippen LogP contribution is -2.33. The van der Waals surface area contributed by atoms with Crippen LogP contribution in [-0.2, 0) is 11.3 Å². The number of aromatic amines is 2. The quantitative estimate of drug-likeness (QED) is 0.512. The van der Waals surface area contributed by atoms with Crippen LogP contribution < -0.4 is 5.69 Å². The number of ether oxygens (including phenoxy) is 1. The molecule has 0 radical (unpaired) electrons. The number of hydrogen-bond acceptors (Lipinski definition) is 5. The van der Waals surface area contributed by atoms with E-state index >= 15 is 0 Å². The average molecular weight is 365 g/mol. The number of fused-ring (bicyclic) bond motifs is 2. The minimum Gasteiger partial charge on any atom is -0.391 e. The number of hydrogen-bond donors (Lipinski definition) is 3. The maximum Gasteiger partial charge on any atom is 0.327 e. The fourth-order valence-corrected chi connectivity index (χ4v) is 3.75. The molecule has 27 heavy (non-hydrogen) atoms. The van der Waals surface area contributed by atoms with Gasteiger partial charge in [-0.3, -0.25) is 9.55 Å². The summed E-state index contributed by atoms with van der Waals surface area (Å²) in [5, 5.41) is 10.8. The summed E-state index contributed by atoms with van der Waals surface area (Å²) in [6.07, 6.45) is 5.54. The van der Waals surface area contributed by atoms with Crippen LogP contribution in [0.5, 0.6) is 0 Å². The third kappa shape index (κ3) is 2.92. The van der Waals surface area contributed by atoms with E-state index in [1.165, 1.54) is 0 Å². The van der Waals surface area contributed by atoms with Crippen molar-refractivity contribution < 1.29 is 9.84 Å². The van der Waals surface area contributed by atoms with Gasteiger partial charge in [-0.1, -0.05) is 0 Å². The van der Waals surface area contributed by atoms with E-state index < -0.39 is 6.10 Å². The first-order chi connectivity index (χ1) is 13.2. The number of aliphatic hydroxyl groups excluding tert-OH is 1. The first-order valence-corrected chi connectivity index (χ1v) is 8.95. The zero-order valence-electron chi connectivity index (χ0n) is 14.6. The van der Waals surface area contributed by atoms with Crippen molar-refractivity contribution in [2.24, 2.45) is 5.92 Å². The molecule has 0 spiro atoms. The third-order valence-electron chi connectivity index (χ3n) is 5.07. The second-order valence-corrected chi connectivity index (χ2v) is 7.06. The standard InChI is InChI=1S/C19H19N5O3/c25-15-3-11(9-27-10-15)8-24-16-5-14(7-22-18(16)23-19(24)26)13-4-12-1-2-20-17(12)21-6-13/h1-2,4-7,11,15,25H,3,8-10H2,(H,20,21)(H,22,23,26)/t11-,15+/m1/s1. The Labute approximate surface area is 153 Å². The van der Waals surface area contributed by atoms with E-state index in [0.717, 1.165) is 27.7 Å². The van der Waals surface area contributed by atoms with Gasteiger partial charge in [0.25, 0.3) is 0 Å². The minimum atomic E-state index is -0.475. The maximum atomic E-state index is 12.4. The molecule has 1 saturated heterocycles. The second kappa shape index (κ2) is 6.33. The van der Waals surface area contributed by atoms with Crippen molar-refractivity contribution >= 4 is 22.2 Å². The number of aromatic nitrogens is 5. The monoisotopic (exact) mass is 365 g/mol. The largest absolute Gasteiger partial charge is 0.391 e. The van der Waals surface area contributed by atoms with Gasteiger partial charge < -0.3 is 14.8 Å². The number of nitrogens with one attached hydrogen (secondary N) is 2. The molecule has 0 bridgehead atoms. The van der Waals surface area contributed by atoms with Crippen LogP contribution in [0, 0.1) is 5.92 Å². The van der Waals surface area contributed by atoms with Crippen LogP contribution in [0.25, 0.3) is 33.3 Å². The van der Waals surface area contributed by atoms with E-state index in [2.05, 4.69) is 19.9 Å². The second-order valence-electron chi connectivity index (χ2n) is 7.06. The van der Waals surface area contributed by atoms with Crippen LogP contribution in [-0.4, -0.2) is 48.9 Å². The number of rotatable bonds is 3. The van der Waals surface area contributed by atoms with Gasteiger partial charge >= 0.3 is 5.69 Å². The molecule has 4 aromatic heterocycles. The number of nitrogens with zero attached hydrogens (tertiary/aromatic N) is 3. The molecule has 0 aliphatic carbocycles. The predicted molar refractivity (Wildman–Crippen MR) is 100 cm³/mol. The molecule has 0 aromatic carbocycles. The molecule has 8 nitrogen and oxygen atoms in total. The molecule has 3 N–H and O–H groups in total. The first kappa shape index (κ1) is 16.2. The molecule has 0 amide bonds. The number of H-pyrrole nitrogens is 2. The topological polar surface area (TPSA) is 109 Å². The Kier molecular flexibility index (Phi) is 3.80. The Morgan fingerprint density at radius 3 is 2.85 bits per heavy atom. The Morgan fingerprint density at radius 1 is 1.19 bits per heavy atom. The molecule has 5 rings (SSSR count). The summed E-state index contributed by atoms with van der Waals surface area (Å²) in [5.74, 6) is 0.0898. The summed E-state index contributed by atoms with van der Waals surface area (Å²) in [6, 6.07) is 5.97. The minimum absolute atomic E-state index is 0.0898. The summed E-state index contributed by atoms with van der Waals surface area (Å²) in [7, 11) is 0. The lowest BCUT2D eigenvalue weighted by atomic mass is 10.0. The Bertz CT molecular complexity index is 1170. The summed E-state index contributed by atoms with van der Waals surface area (Å²) in [4.78, 5) is 27.2. The lowest BCUT2D eigenvalue weighted by molar-refractivity contribution is -0.0396. The lowest BCUT2D eigenvalue weighted by Gasteiger charge is -2.26. The zero-order valence-corrected chi connectivity index (χ0v) is 14.6. The average Bonchev–Trinajstić information content (AvgIpc) is 3.25. The molecular formula is C19H19N5O3. The van der Waals surface area contributed by atoms with Gasteiger partial charge in [0, 0.05) is 47.6 Å². The number of pyridine rings is 2. The molecule has 0 unspecified atom stereocenters. The van der Waals surface area contributed by atoms with E-state index in [0.29, 0.717) is 31.8 Å². The highest BCUT2D eigenvalue weighted by molar-refractivity contribution is 5.84. The molecule has 1 aliphatic heterocycles. The van der Waals surface area contributed by atoms with Crippen LogP contribution in [0.15, 0.2) is 41.6 Å². The van der Waals surface area contributed by atoms with E-state index in [1.54, 1.807) is 17.0 Å². The van der Waals surface area contributed by atoms with E-state index in [9.17, 15) is 9.90 Å². The fourth-order valence-electron chi connectivity index (χ4n) is 3.75. The number of imidazole rings is 1. The molecule has 0 saturated carbocycles. The van der Waals surface area contributed by atoms with Gasteiger partial charge in [-0.2, -0.15) is 0 Å². The normalized spacial score (nSPS) is 20.5. The highest BCUT2D eigenvalue weighted by Crippen LogP contribution is 2.25. The summed E-state index contributed by atoms with van der Waals surface area (Å²) >= 11 is 0. The zero-order chi connectivity index (χ0) is 18.4. The van der Waals surface area contributed by atoms with Crippen LogP contribution in [0.4, 0.5) is 0 Å². The molecule has 1 aliphatic rings. The Hall–Kier alpha value is -2.97. The first-order valence-electron chi connectivity index (χ1n) is 8.95. The smallest absolute Gasteiger partial charge is 0.327 e. The molecule has 138 valence electrons. The highest BCUT2D eigenvalue weighted by Gasteiger charge is 2.23. The summed E-state index contributed by atoms with van der Waals surface area (Å²) in [5.41, 5.74) is 3.76. The maximum absolute atomic E-state index is 12.4. The van der Waals surface area contributed by atoms with Gasteiger partial charge in [0.05, 0.1) is 24.8 Å². The predicted octanol–water partition coefficient (Wildman–Crippen LogP) is 1.67. The van der Waals surface area contributed by atoms with Crippen LogP contribution >= 0.6 is 0 Å². The SMILES string of the molecule is O=c1[nH]c2ncc(-c3cnc4[nH]ccc4c3)cc2n1C[C@@H]1COC[C@@H](O)C1. The van der Waals surface area contributed by atoms with Gasteiger partial charge in [-0.15, -0.1) is 0 Å². The van der Waals surface area contributed by atoms with Crippen molar-refractivity contribution in [3.05, 3.63) is 47.3 Å². The molecule has 8 heteroatoms. The van der Waals surface area contributed by atoms with Crippen molar-refractivity contribution in [1.29, 1.82) is 0 Å². The van der Waals surface area contributed by atoms with Gasteiger partial charge in [0.15, 0.2) is 5.65 Å². The number of aliphatic hydroxyl groups is 1. The molecule has 2 atom stereocenters. The fraction of sp³-hybridized carbons (Fsp3) is 0.316. The van der Waals surface area contributed by atoms with Crippen molar-refractivity contribution in [2.75, 3.05) is 13.2 Å². The van der Waals surface area contributed by atoms with Crippen LogP contribution in [0.1, 0.15) is 6.42 Å². The van der Waals surface area contributed by atoms with Gasteiger partial charge in [-0.05, 0) is 24.6 Å². The van der Waals surface area contributed by atoms with E-state index in [4.69, 9.17) is 4.74 Å². The van der Waals surface area contributed by atoms with Gasteiger partial charge in [-0.25, -0.2) is 14.8 Å². The highest BCUT2D eigenvalue weighted by atomic mass is 16.5. The Morgan fingerprint density at radius 2 is 2.00 bits per heavy atom. The summed E-state index contributed by atoms with van der Waals surface area (Å²) < 4.78 is 7.10. The van der Waals surface area contributed by atoms with E-state index in [1.807, 2.05) is 24.4 Å². The molecule has 1 fully saturated rings. The van der Waals surface area contributed by atoms with E-state index in [-0.39, 0.29) is 11.6 Å². The Balaban J connectivity index is 1.55. The third-order valence-corrected chi connectivity index (χ3v) is 5.07. The van der Waals surface area contributed by atoms with Crippen molar-refractivity contribution in [3.63, 3.8) is 0 Å². The van der Waals surface area contributed by atoms with Crippen molar-refractivity contribution in [2.45, 2.75) is 19.1 Å². The van der Waals surface area contributed by atoms with Gasteiger partial charge in [0.1, 0.15) is 5.65 Å². The van der Waals surface area contributed by atoms with Crippen LogP contribution in [0.2, 0.25) is 0 Å².